The molecular weight excluding hydrogens is 490 g/mol. The molecule has 160 valence electrons. The van der Waals surface area contributed by atoms with Crippen molar-refractivity contribution in [2.75, 3.05) is 5.75 Å². The molecule has 0 unspecified atom stereocenters. The number of thioether (sulfide) groups is 1. The summed E-state index contributed by atoms with van der Waals surface area (Å²) in [5.74, 6) is 0.714. The molecule has 1 heterocycles. The second-order valence-electron chi connectivity index (χ2n) is 6.66. The van der Waals surface area contributed by atoms with E-state index in [1.54, 1.807) is 24.3 Å². The fourth-order valence-electron chi connectivity index (χ4n) is 2.89. The summed E-state index contributed by atoms with van der Waals surface area (Å²) in [5, 5.41) is 22.6. The number of nitrogens with zero attached hydrogens (tertiary/aromatic N) is 4. The molecule has 0 saturated heterocycles. The highest BCUT2D eigenvalue weighted by Crippen LogP contribution is 2.29. The van der Waals surface area contributed by atoms with Crippen LogP contribution in [-0.4, -0.2) is 37.7 Å². The lowest BCUT2D eigenvalue weighted by molar-refractivity contribution is -0.118. The number of aromatic nitrogens is 3. The molecular formula is C23H18BrN5O2S. The number of phenolic OH excluding ortho intramolecular Hbond substituents is 1. The van der Waals surface area contributed by atoms with Gasteiger partial charge in [-0.05, 0) is 54.1 Å². The highest BCUT2D eigenvalue weighted by molar-refractivity contribution is 9.10. The largest absolute Gasteiger partial charge is 0.508 e. The third-order valence-electron chi connectivity index (χ3n) is 4.36. The number of hydrazone groups is 1. The average molecular weight is 508 g/mol. The molecule has 4 rings (SSSR count). The summed E-state index contributed by atoms with van der Waals surface area (Å²) < 4.78 is 2.87. The summed E-state index contributed by atoms with van der Waals surface area (Å²) in [6.45, 7) is 0. The maximum Gasteiger partial charge on any atom is 0.250 e. The minimum Gasteiger partial charge on any atom is -0.508 e. The number of para-hydroxylation sites is 1. The molecule has 32 heavy (non-hydrogen) atoms. The van der Waals surface area contributed by atoms with E-state index in [2.05, 4.69) is 36.7 Å². The van der Waals surface area contributed by atoms with Gasteiger partial charge in [-0.15, -0.1) is 10.2 Å². The summed E-state index contributed by atoms with van der Waals surface area (Å²) in [5.41, 5.74) is 5.08. The van der Waals surface area contributed by atoms with Crippen LogP contribution in [0.1, 0.15) is 5.56 Å². The van der Waals surface area contributed by atoms with Gasteiger partial charge in [0.25, 0.3) is 5.91 Å². The lowest BCUT2D eigenvalue weighted by atomic mass is 10.2. The Labute approximate surface area is 197 Å². The molecule has 0 bridgehead atoms. The van der Waals surface area contributed by atoms with Gasteiger partial charge in [-0.3, -0.25) is 9.36 Å². The van der Waals surface area contributed by atoms with Crippen LogP contribution in [0.3, 0.4) is 0 Å². The Morgan fingerprint density at radius 3 is 2.59 bits per heavy atom. The Kier molecular flexibility index (Phi) is 6.98. The van der Waals surface area contributed by atoms with Crippen LogP contribution in [-0.2, 0) is 4.79 Å². The lowest BCUT2D eigenvalue weighted by Crippen LogP contribution is -2.20. The first kappa shape index (κ1) is 21.8. The zero-order chi connectivity index (χ0) is 22.3. The van der Waals surface area contributed by atoms with Gasteiger partial charge in [0.1, 0.15) is 5.75 Å². The zero-order valence-corrected chi connectivity index (χ0v) is 19.1. The molecule has 0 radical (unpaired) electrons. The summed E-state index contributed by atoms with van der Waals surface area (Å²) in [4.78, 5) is 12.3. The van der Waals surface area contributed by atoms with E-state index in [0.717, 1.165) is 21.3 Å². The van der Waals surface area contributed by atoms with Gasteiger partial charge in [-0.1, -0.05) is 58.0 Å². The summed E-state index contributed by atoms with van der Waals surface area (Å²) in [6.07, 6.45) is 1.51. The number of hydrogen-bond acceptors (Lipinski definition) is 6. The molecule has 0 spiro atoms. The fourth-order valence-corrected chi connectivity index (χ4v) is 4.03. The number of halogens is 1. The van der Waals surface area contributed by atoms with Gasteiger partial charge in [0, 0.05) is 15.7 Å². The van der Waals surface area contributed by atoms with Crippen LogP contribution in [0.4, 0.5) is 0 Å². The molecule has 4 aromatic rings. The van der Waals surface area contributed by atoms with E-state index < -0.39 is 0 Å². The number of carbonyl (C=O) groups is 1. The number of aromatic hydroxyl groups is 1. The van der Waals surface area contributed by atoms with Crippen LogP contribution < -0.4 is 5.43 Å². The van der Waals surface area contributed by atoms with E-state index in [1.807, 2.05) is 59.2 Å². The van der Waals surface area contributed by atoms with Crippen molar-refractivity contribution in [2.24, 2.45) is 5.10 Å². The molecule has 7 nitrogen and oxygen atoms in total. The van der Waals surface area contributed by atoms with Crippen molar-refractivity contribution in [3.8, 4) is 22.8 Å². The van der Waals surface area contributed by atoms with Gasteiger partial charge in [0.2, 0.25) is 0 Å². The number of rotatable bonds is 7. The number of carbonyl (C=O) groups excluding carboxylic acids is 1. The summed E-state index contributed by atoms with van der Waals surface area (Å²) in [7, 11) is 0. The van der Waals surface area contributed by atoms with E-state index in [-0.39, 0.29) is 17.4 Å². The van der Waals surface area contributed by atoms with Gasteiger partial charge in [0.05, 0.1) is 12.0 Å². The van der Waals surface area contributed by atoms with Crippen molar-refractivity contribution in [1.82, 2.24) is 20.2 Å². The zero-order valence-electron chi connectivity index (χ0n) is 16.7. The molecule has 0 fully saturated rings. The summed E-state index contributed by atoms with van der Waals surface area (Å²) >= 11 is 4.78. The normalized spacial score (nSPS) is 11.0. The van der Waals surface area contributed by atoms with Gasteiger partial charge in [-0.25, -0.2) is 5.43 Å². The molecule has 3 aromatic carbocycles. The van der Waals surface area contributed by atoms with Crippen LogP contribution in [0, 0.1) is 0 Å². The van der Waals surface area contributed by atoms with Gasteiger partial charge < -0.3 is 5.11 Å². The predicted molar refractivity (Wildman–Crippen MR) is 129 cm³/mol. The van der Waals surface area contributed by atoms with Gasteiger partial charge >= 0.3 is 0 Å². The minimum atomic E-state index is -0.267. The molecule has 0 atom stereocenters. The third-order valence-corrected chi connectivity index (χ3v) is 5.78. The third kappa shape index (κ3) is 5.43. The number of phenols is 1. The average Bonchev–Trinajstić information content (AvgIpc) is 3.24. The Hall–Kier alpha value is -3.43. The molecule has 9 heteroatoms. The molecule has 0 saturated carbocycles. The number of amides is 1. The minimum absolute atomic E-state index is 0.121. The first-order valence-electron chi connectivity index (χ1n) is 9.60. The Morgan fingerprint density at radius 1 is 1.06 bits per heavy atom. The van der Waals surface area contributed by atoms with Crippen molar-refractivity contribution >= 4 is 39.8 Å². The van der Waals surface area contributed by atoms with E-state index in [4.69, 9.17) is 0 Å². The van der Waals surface area contributed by atoms with Crippen LogP contribution >= 0.6 is 27.7 Å². The second kappa shape index (κ2) is 10.3. The van der Waals surface area contributed by atoms with Crippen LogP contribution in [0.2, 0.25) is 0 Å². The second-order valence-corrected chi connectivity index (χ2v) is 8.52. The Morgan fingerprint density at radius 2 is 1.84 bits per heavy atom. The molecule has 0 aliphatic rings. The first-order valence-corrected chi connectivity index (χ1v) is 11.4. The molecule has 1 amide bonds. The monoisotopic (exact) mass is 507 g/mol. The number of hydrogen-bond donors (Lipinski definition) is 2. The van der Waals surface area contributed by atoms with E-state index in [0.29, 0.717) is 11.0 Å². The predicted octanol–water partition coefficient (Wildman–Crippen LogP) is 4.64. The molecule has 2 N–H and O–H groups in total. The SMILES string of the molecule is O=C(CSc1nnc(-c2cccc(Br)c2)n1-c1ccccc1)N/N=C\c1ccc(O)cc1. The van der Waals surface area contributed by atoms with Crippen molar-refractivity contribution in [1.29, 1.82) is 0 Å². The number of nitrogens with one attached hydrogen (secondary N) is 1. The maximum atomic E-state index is 12.3. The van der Waals surface area contributed by atoms with Crippen LogP contribution in [0.25, 0.3) is 17.1 Å². The quantitative estimate of drug-likeness (QED) is 0.216. The van der Waals surface area contributed by atoms with Crippen molar-refractivity contribution in [3.63, 3.8) is 0 Å². The van der Waals surface area contributed by atoms with Crippen LogP contribution in [0.15, 0.2) is 93.6 Å². The summed E-state index contributed by atoms with van der Waals surface area (Å²) in [6, 6.07) is 24.1. The number of benzene rings is 3. The fraction of sp³-hybridized carbons (Fsp3) is 0.0435. The Balaban J connectivity index is 1.50. The van der Waals surface area contributed by atoms with E-state index in [9.17, 15) is 9.90 Å². The van der Waals surface area contributed by atoms with Crippen LogP contribution in [0.5, 0.6) is 5.75 Å². The van der Waals surface area contributed by atoms with E-state index >= 15 is 0 Å². The first-order chi connectivity index (χ1) is 15.6. The maximum absolute atomic E-state index is 12.3. The highest BCUT2D eigenvalue weighted by Gasteiger charge is 2.17. The standard InChI is InChI=1S/C23H18BrN5O2S/c24-18-6-4-5-17(13-18)22-27-28-23(29(22)19-7-2-1-3-8-19)32-15-21(31)26-25-14-16-9-11-20(30)12-10-16/h1-14,30H,15H2,(H,26,31)/b25-14-. The van der Waals surface area contributed by atoms with E-state index in [1.165, 1.54) is 18.0 Å². The molecule has 0 aliphatic carbocycles. The van der Waals surface area contributed by atoms with Crippen molar-refractivity contribution < 1.29 is 9.90 Å². The Bertz CT molecular complexity index is 1240. The van der Waals surface area contributed by atoms with Crippen molar-refractivity contribution in [3.05, 3.63) is 88.9 Å². The van der Waals surface area contributed by atoms with Gasteiger partial charge in [-0.2, -0.15) is 5.10 Å². The topological polar surface area (TPSA) is 92.4 Å². The lowest BCUT2D eigenvalue weighted by Gasteiger charge is -2.10. The smallest absolute Gasteiger partial charge is 0.250 e. The highest BCUT2D eigenvalue weighted by atomic mass is 79.9. The van der Waals surface area contributed by atoms with Crippen molar-refractivity contribution in [2.45, 2.75) is 5.16 Å². The van der Waals surface area contributed by atoms with Gasteiger partial charge in [0.15, 0.2) is 11.0 Å². The molecule has 1 aromatic heterocycles. The molecule has 0 aliphatic heterocycles.